The number of aryl methyl sites for hydroxylation is 2. The van der Waals surface area contributed by atoms with Crippen LogP contribution in [0, 0.1) is 13.8 Å². The summed E-state index contributed by atoms with van der Waals surface area (Å²) in [4.78, 5) is 27.4. The van der Waals surface area contributed by atoms with Crippen molar-refractivity contribution in [2.75, 3.05) is 6.61 Å². The lowest BCUT2D eigenvalue weighted by Crippen LogP contribution is -2.46. The number of para-hydroxylation sites is 1. The maximum atomic E-state index is 12.3. The summed E-state index contributed by atoms with van der Waals surface area (Å²) in [6, 6.07) is 5.53. The molecule has 2 heterocycles. The molecule has 0 aliphatic carbocycles. The van der Waals surface area contributed by atoms with Gasteiger partial charge in [-0.15, -0.1) is 0 Å². The summed E-state index contributed by atoms with van der Waals surface area (Å²) in [6.07, 6.45) is 1.09. The lowest BCUT2D eigenvalue weighted by atomic mass is 10.1. The standard InChI is InChI=1S/C16H19N3O3/c1-9-10(2)17-14-11(9)5-3-6-12(14)15(20)18-19-16(21)13-7-4-8-22-13/h3,5-6,13,17H,4,7-8H2,1-2H3,(H,18,20)(H,19,21). The zero-order valence-corrected chi connectivity index (χ0v) is 12.7. The van der Waals surface area contributed by atoms with Crippen LogP contribution in [0.5, 0.6) is 0 Å². The van der Waals surface area contributed by atoms with Gasteiger partial charge in [0.25, 0.3) is 11.8 Å². The first-order chi connectivity index (χ1) is 10.6. The topological polar surface area (TPSA) is 83.2 Å². The third-order valence-electron chi connectivity index (χ3n) is 4.11. The Balaban J connectivity index is 1.75. The summed E-state index contributed by atoms with van der Waals surface area (Å²) in [6.45, 7) is 4.57. The second-order valence-electron chi connectivity index (χ2n) is 5.55. The molecule has 1 aromatic heterocycles. The number of aromatic nitrogens is 1. The van der Waals surface area contributed by atoms with Crippen molar-refractivity contribution in [1.29, 1.82) is 0 Å². The number of nitrogens with one attached hydrogen (secondary N) is 3. The molecule has 1 fully saturated rings. The van der Waals surface area contributed by atoms with Crippen molar-refractivity contribution >= 4 is 22.7 Å². The van der Waals surface area contributed by atoms with Crippen molar-refractivity contribution in [3.8, 4) is 0 Å². The van der Waals surface area contributed by atoms with Crippen LogP contribution in [0.4, 0.5) is 0 Å². The van der Waals surface area contributed by atoms with Crippen molar-refractivity contribution in [2.24, 2.45) is 0 Å². The van der Waals surface area contributed by atoms with E-state index < -0.39 is 6.10 Å². The summed E-state index contributed by atoms with van der Waals surface area (Å²) in [7, 11) is 0. The smallest absolute Gasteiger partial charge is 0.271 e. The summed E-state index contributed by atoms with van der Waals surface area (Å²) in [5.74, 6) is -0.657. The van der Waals surface area contributed by atoms with Crippen LogP contribution in [0.3, 0.4) is 0 Å². The Morgan fingerprint density at radius 2 is 2.09 bits per heavy atom. The van der Waals surface area contributed by atoms with Crippen molar-refractivity contribution in [1.82, 2.24) is 15.8 Å². The van der Waals surface area contributed by atoms with Crippen LogP contribution in [0.1, 0.15) is 34.5 Å². The van der Waals surface area contributed by atoms with Crippen LogP contribution < -0.4 is 10.9 Å². The number of fused-ring (bicyclic) bond motifs is 1. The summed E-state index contributed by atoms with van der Waals surface area (Å²) in [5, 5.41) is 1.01. The number of aromatic amines is 1. The largest absolute Gasteiger partial charge is 0.368 e. The molecule has 1 aliphatic rings. The van der Waals surface area contributed by atoms with Crippen LogP contribution in [0.25, 0.3) is 10.9 Å². The molecule has 1 unspecified atom stereocenters. The summed E-state index contributed by atoms with van der Waals surface area (Å²) >= 11 is 0. The first kappa shape index (κ1) is 14.6. The minimum absolute atomic E-state index is 0.308. The van der Waals surface area contributed by atoms with Crippen LogP contribution in [0.2, 0.25) is 0 Å². The third-order valence-corrected chi connectivity index (χ3v) is 4.11. The van der Waals surface area contributed by atoms with Gasteiger partial charge < -0.3 is 9.72 Å². The molecule has 0 radical (unpaired) electrons. The number of ether oxygens (including phenoxy) is 1. The molecule has 22 heavy (non-hydrogen) atoms. The number of hydrazine groups is 1. The number of amides is 2. The van der Waals surface area contributed by atoms with Gasteiger partial charge in [-0.1, -0.05) is 12.1 Å². The molecule has 1 saturated heterocycles. The molecule has 0 bridgehead atoms. The van der Waals surface area contributed by atoms with Crippen LogP contribution in [-0.4, -0.2) is 29.5 Å². The highest BCUT2D eigenvalue weighted by molar-refractivity contribution is 6.07. The molecule has 2 amide bonds. The highest BCUT2D eigenvalue weighted by atomic mass is 16.5. The third kappa shape index (κ3) is 2.57. The average molecular weight is 301 g/mol. The number of carbonyl (C=O) groups is 2. The second kappa shape index (κ2) is 5.81. The van der Waals surface area contributed by atoms with E-state index in [1.807, 2.05) is 26.0 Å². The second-order valence-corrected chi connectivity index (χ2v) is 5.55. The van der Waals surface area contributed by atoms with E-state index in [0.717, 1.165) is 28.6 Å². The van der Waals surface area contributed by atoms with E-state index in [1.165, 1.54) is 0 Å². The Bertz CT molecular complexity index is 730. The molecule has 6 nitrogen and oxygen atoms in total. The van der Waals surface area contributed by atoms with Crippen LogP contribution in [-0.2, 0) is 9.53 Å². The maximum Gasteiger partial charge on any atom is 0.271 e. The van der Waals surface area contributed by atoms with Gasteiger partial charge in [0, 0.05) is 17.7 Å². The molecular formula is C16H19N3O3. The van der Waals surface area contributed by atoms with Gasteiger partial charge in [-0.2, -0.15) is 0 Å². The molecular weight excluding hydrogens is 282 g/mol. The van der Waals surface area contributed by atoms with Gasteiger partial charge in [-0.25, -0.2) is 0 Å². The normalized spacial score (nSPS) is 17.6. The molecule has 1 atom stereocenters. The van der Waals surface area contributed by atoms with E-state index in [-0.39, 0.29) is 11.8 Å². The molecule has 6 heteroatoms. The van der Waals surface area contributed by atoms with Gasteiger partial charge in [-0.3, -0.25) is 20.4 Å². The van der Waals surface area contributed by atoms with Gasteiger partial charge in [0.05, 0.1) is 11.1 Å². The summed E-state index contributed by atoms with van der Waals surface area (Å²) < 4.78 is 5.27. The molecule has 0 spiro atoms. The Morgan fingerprint density at radius 3 is 2.82 bits per heavy atom. The van der Waals surface area contributed by atoms with E-state index in [1.54, 1.807) is 6.07 Å². The maximum absolute atomic E-state index is 12.3. The van der Waals surface area contributed by atoms with Gasteiger partial charge in [0.2, 0.25) is 0 Å². The van der Waals surface area contributed by atoms with Crippen LogP contribution in [0.15, 0.2) is 18.2 Å². The fourth-order valence-corrected chi connectivity index (χ4v) is 2.72. The fourth-order valence-electron chi connectivity index (χ4n) is 2.72. The van der Waals surface area contributed by atoms with E-state index >= 15 is 0 Å². The van der Waals surface area contributed by atoms with E-state index in [4.69, 9.17) is 4.74 Å². The SMILES string of the molecule is Cc1[nH]c2c(C(=O)NNC(=O)C3CCCO3)cccc2c1C. The number of benzene rings is 1. The predicted octanol–water partition coefficient (Wildman–Crippen LogP) is 1.72. The monoisotopic (exact) mass is 301 g/mol. The molecule has 3 N–H and O–H groups in total. The van der Waals surface area contributed by atoms with Crippen molar-refractivity contribution < 1.29 is 14.3 Å². The summed E-state index contributed by atoms with van der Waals surface area (Å²) in [5.41, 5.74) is 8.31. The van der Waals surface area contributed by atoms with Crippen molar-refractivity contribution in [3.63, 3.8) is 0 Å². The van der Waals surface area contributed by atoms with Crippen molar-refractivity contribution in [3.05, 3.63) is 35.0 Å². The Hall–Kier alpha value is -2.34. The zero-order valence-electron chi connectivity index (χ0n) is 12.7. The van der Waals surface area contributed by atoms with E-state index in [9.17, 15) is 9.59 Å². The molecule has 116 valence electrons. The molecule has 2 aromatic rings. The van der Waals surface area contributed by atoms with Crippen LogP contribution >= 0.6 is 0 Å². The van der Waals surface area contributed by atoms with Gasteiger partial charge >= 0.3 is 0 Å². The first-order valence-electron chi connectivity index (χ1n) is 7.37. The first-order valence-corrected chi connectivity index (χ1v) is 7.37. The number of rotatable bonds is 2. The van der Waals surface area contributed by atoms with Crippen molar-refractivity contribution in [2.45, 2.75) is 32.8 Å². The molecule has 0 saturated carbocycles. The Morgan fingerprint density at radius 1 is 1.27 bits per heavy atom. The van der Waals surface area contributed by atoms with E-state index in [0.29, 0.717) is 18.6 Å². The molecule has 3 rings (SSSR count). The van der Waals surface area contributed by atoms with E-state index in [2.05, 4.69) is 15.8 Å². The molecule has 1 aromatic carbocycles. The number of carbonyl (C=O) groups excluding carboxylic acids is 2. The predicted molar refractivity (Wildman–Crippen MR) is 82.4 cm³/mol. The lowest BCUT2D eigenvalue weighted by Gasteiger charge is -2.11. The van der Waals surface area contributed by atoms with Gasteiger partial charge in [-0.05, 0) is 38.3 Å². The fraction of sp³-hybridized carbons (Fsp3) is 0.375. The Labute approximate surface area is 128 Å². The minimum atomic E-state index is -0.467. The Kier molecular flexibility index (Phi) is 3.85. The number of hydrogen-bond acceptors (Lipinski definition) is 3. The lowest BCUT2D eigenvalue weighted by molar-refractivity contribution is -0.130. The zero-order chi connectivity index (χ0) is 15.7. The van der Waals surface area contributed by atoms with Gasteiger partial charge in [0.15, 0.2) is 0 Å². The highest BCUT2D eigenvalue weighted by Gasteiger charge is 2.24. The molecule has 1 aliphatic heterocycles. The highest BCUT2D eigenvalue weighted by Crippen LogP contribution is 2.24. The minimum Gasteiger partial charge on any atom is -0.368 e. The number of hydrogen-bond donors (Lipinski definition) is 3. The van der Waals surface area contributed by atoms with Gasteiger partial charge in [0.1, 0.15) is 6.10 Å². The quantitative estimate of drug-likeness (QED) is 0.739. The number of H-pyrrole nitrogens is 1. The average Bonchev–Trinajstić information content (AvgIpc) is 3.14.